The van der Waals surface area contributed by atoms with Gasteiger partial charge >= 0.3 is 0 Å². The number of H-pyrrole nitrogens is 1. The lowest BCUT2D eigenvalue weighted by atomic mass is 10.3. The third kappa shape index (κ3) is 2.34. The molecule has 0 bridgehead atoms. The van der Waals surface area contributed by atoms with Crippen molar-refractivity contribution in [2.24, 2.45) is 0 Å². The van der Waals surface area contributed by atoms with Gasteiger partial charge in [0.05, 0.1) is 5.69 Å². The van der Waals surface area contributed by atoms with Crippen molar-refractivity contribution in [3.8, 4) is 5.75 Å². The Morgan fingerprint density at radius 1 is 1.38 bits per heavy atom. The van der Waals surface area contributed by atoms with Crippen LogP contribution < -0.4 is 10.5 Å². The highest BCUT2D eigenvalue weighted by atomic mass is 16.5. The predicted octanol–water partition coefficient (Wildman–Crippen LogP) is 2.19. The number of benzene rings is 1. The maximum Gasteiger partial charge on any atom is 0.146 e. The van der Waals surface area contributed by atoms with Gasteiger partial charge in [0, 0.05) is 17.4 Å². The Morgan fingerprint density at radius 2 is 2.19 bits per heavy atom. The summed E-state index contributed by atoms with van der Waals surface area (Å²) in [5.74, 6) is 1.59. The monoisotopic (exact) mass is 217 g/mol. The van der Waals surface area contributed by atoms with Crippen molar-refractivity contribution in [1.82, 2.24) is 9.97 Å². The van der Waals surface area contributed by atoms with Crippen LogP contribution in [0.5, 0.6) is 5.75 Å². The van der Waals surface area contributed by atoms with Crippen molar-refractivity contribution in [3.05, 3.63) is 41.5 Å². The topological polar surface area (TPSA) is 63.9 Å². The number of nitrogen functional groups attached to an aromatic ring is 1. The number of aromatic amines is 1. The van der Waals surface area contributed by atoms with E-state index in [1.165, 1.54) is 0 Å². The second-order valence-corrected chi connectivity index (χ2v) is 3.76. The Kier molecular flexibility index (Phi) is 2.81. The lowest BCUT2D eigenvalue weighted by Crippen LogP contribution is -1.98. The zero-order valence-corrected chi connectivity index (χ0v) is 9.45. The molecule has 4 heteroatoms. The molecule has 0 atom stereocenters. The highest BCUT2D eigenvalue weighted by molar-refractivity contribution is 5.43. The van der Waals surface area contributed by atoms with Crippen LogP contribution in [0.1, 0.15) is 17.2 Å². The molecule has 16 heavy (non-hydrogen) atoms. The lowest BCUT2D eigenvalue weighted by Gasteiger charge is -2.04. The molecule has 3 N–H and O–H groups in total. The van der Waals surface area contributed by atoms with Crippen molar-refractivity contribution in [1.29, 1.82) is 0 Å². The van der Waals surface area contributed by atoms with Gasteiger partial charge in [-0.3, -0.25) is 0 Å². The number of anilines is 1. The molecular formula is C12H15N3O. The number of ether oxygens (including phenoxy) is 1. The van der Waals surface area contributed by atoms with Crippen molar-refractivity contribution >= 4 is 5.69 Å². The molecule has 0 amide bonds. The van der Waals surface area contributed by atoms with E-state index in [4.69, 9.17) is 10.5 Å². The molecule has 1 heterocycles. The van der Waals surface area contributed by atoms with E-state index in [0.717, 1.165) is 23.0 Å². The first kappa shape index (κ1) is 10.5. The zero-order valence-electron chi connectivity index (χ0n) is 9.45. The number of nitrogens with one attached hydrogen (secondary N) is 1. The number of aryl methyl sites for hydroxylation is 2. The van der Waals surface area contributed by atoms with Gasteiger partial charge in [-0.25, -0.2) is 4.98 Å². The van der Waals surface area contributed by atoms with E-state index < -0.39 is 0 Å². The smallest absolute Gasteiger partial charge is 0.146 e. The summed E-state index contributed by atoms with van der Waals surface area (Å²) in [7, 11) is 0. The molecule has 1 aromatic carbocycles. The van der Waals surface area contributed by atoms with Gasteiger partial charge in [0.1, 0.15) is 18.2 Å². The first-order chi connectivity index (χ1) is 7.65. The summed E-state index contributed by atoms with van der Waals surface area (Å²) in [6.07, 6.45) is 0. The minimum absolute atomic E-state index is 0.429. The fraction of sp³-hybridized carbons (Fsp3) is 0.250. The van der Waals surface area contributed by atoms with Crippen LogP contribution in [-0.4, -0.2) is 9.97 Å². The summed E-state index contributed by atoms with van der Waals surface area (Å²) in [6, 6.07) is 7.36. The van der Waals surface area contributed by atoms with Crippen LogP contribution >= 0.6 is 0 Å². The first-order valence-corrected chi connectivity index (χ1v) is 5.15. The molecule has 0 fully saturated rings. The molecule has 1 aromatic heterocycles. The first-order valence-electron chi connectivity index (χ1n) is 5.15. The lowest BCUT2D eigenvalue weighted by molar-refractivity contribution is 0.297. The summed E-state index contributed by atoms with van der Waals surface area (Å²) in [5, 5.41) is 0. The molecule has 0 radical (unpaired) electrons. The number of rotatable bonds is 3. The highest BCUT2D eigenvalue weighted by Gasteiger charge is 2.03. The Morgan fingerprint density at radius 3 is 2.81 bits per heavy atom. The number of nitrogens with zero attached hydrogens (tertiary/aromatic N) is 1. The van der Waals surface area contributed by atoms with Gasteiger partial charge in [-0.2, -0.15) is 0 Å². The summed E-state index contributed by atoms with van der Waals surface area (Å²) in [5.41, 5.74) is 8.43. The predicted molar refractivity (Wildman–Crippen MR) is 63.2 cm³/mol. The maximum atomic E-state index is 5.65. The molecule has 0 aliphatic carbocycles. The Bertz CT molecular complexity index is 471. The van der Waals surface area contributed by atoms with Crippen molar-refractivity contribution < 1.29 is 4.74 Å². The quantitative estimate of drug-likeness (QED) is 0.774. The van der Waals surface area contributed by atoms with Crippen molar-refractivity contribution in [2.45, 2.75) is 20.5 Å². The average molecular weight is 217 g/mol. The molecule has 84 valence electrons. The molecule has 0 unspecified atom stereocenters. The normalized spacial score (nSPS) is 10.4. The van der Waals surface area contributed by atoms with Crippen molar-refractivity contribution in [2.75, 3.05) is 5.73 Å². The van der Waals surface area contributed by atoms with E-state index in [9.17, 15) is 0 Å². The van der Waals surface area contributed by atoms with E-state index in [1.807, 2.05) is 32.0 Å². The van der Waals surface area contributed by atoms with Gasteiger partial charge in [-0.1, -0.05) is 6.07 Å². The fourth-order valence-electron chi connectivity index (χ4n) is 1.45. The number of hydrogen-bond donors (Lipinski definition) is 2. The standard InChI is InChI=1S/C12H15N3O/c1-8-9(2)15-12(14-8)7-16-11-5-3-4-10(13)6-11/h3-6H,7,13H2,1-2H3,(H,14,15). The van der Waals surface area contributed by atoms with Crippen LogP contribution in [0.2, 0.25) is 0 Å². The minimum Gasteiger partial charge on any atom is -0.486 e. The van der Waals surface area contributed by atoms with Gasteiger partial charge in [0.15, 0.2) is 0 Å². The molecule has 0 aliphatic rings. The summed E-state index contributed by atoms with van der Waals surface area (Å²) in [4.78, 5) is 7.50. The third-order valence-corrected chi connectivity index (χ3v) is 2.41. The van der Waals surface area contributed by atoms with Gasteiger partial charge in [0.2, 0.25) is 0 Å². The molecule has 0 saturated heterocycles. The van der Waals surface area contributed by atoms with Gasteiger partial charge in [-0.15, -0.1) is 0 Å². The van der Waals surface area contributed by atoms with E-state index >= 15 is 0 Å². The molecule has 0 saturated carbocycles. The SMILES string of the molecule is Cc1nc(COc2cccc(N)c2)[nH]c1C. The number of hydrogen-bond acceptors (Lipinski definition) is 3. The molecule has 0 aliphatic heterocycles. The Hall–Kier alpha value is -1.97. The van der Waals surface area contributed by atoms with E-state index in [2.05, 4.69) is 9.97 Å². The van der Waals surface area contributed by atoms with Crippen LogP contribution in [0, 0.1) is 13.8 Å². The molecule has 4 nitrogen and oxygen atoms in total. The summed E-state index contributed by atoms with van der Waals surface area (Å²) >= 11 is 0. The average Bonchev–Trinajstić information content (AvgIpc) is 2.56. The Labute approximate surface area is 94.5 Å². The zero-order chi connectivity index (χ0) is 11.5. The maximum absolute atomic E-state index is 5.65. The van der Waals surface area contributed by atoms with E-state index in [-0.39, 0.29) is 0 Å². The molecular weight excluding hydrogens is 202 g/mol. The number of nitrogens with two attached hydrogens (primary N) is 1. The number of imidazole rings is 1. The van der Waals surface area contributed by atoms with E-state index in [1.54, 1.807) is 6.07 Å². The molecule has 0 spiro atoms. The summed E-state index contributed by atoms with van der Waals surface area (Å²) < 4.78 is 5.57. The Balaban J connectivity index is 2.02. The van der Waals surface area contributed by atoms with Crippen LogP contribution in [0.4, 0.5) is 5.69 Å². The number of aromatic nitrogens is 2. The van der Waals surface area contributed by atoms with Crippen LogP contribution in [-0.2, 0) is 6.61 Å². The minimum atomic E-state index is 0.429. The van der Waals surface area contributed by atoms with Crippen LogP contribution in [0.15, 0.2) is 24.3 Å². The fourth-order valence-corrected chi connectivity index (χ4v) is 1.45. The second-order valence-electron chi connectivity index (χ2n) is 3.76. The van der Waals surface area contributed by atoms with E-state index in [0.29, 0.717) is 12.3 Å². The van der Waals surface area contributed by atoms with Gasteiger partial charge in [0.25, 0.3) is 0 Å². The van der Waals surface area contributed by atoms with Gasteiger partial charge < -0.3 is 15.5 Å². The van der Waals surface area contributed by atoms with Crippen molar-refractivity contribution in [3.63, 3.8) is 0 Å². The van der Waals surface area contributed by atoms with Crippen LogP contribution in [0.3, 0.4) is 0 Å². The largest absolute Gasteiger partial charge is 0.486 e. The van der Waals surface area contributed by atoms with Crippen LogP contribution in [0.25, 0.3) is 0 Å². The molecule has 2 aromatic rings. The second kappa shape index (κ2) is 4.26. The highest BCUT2D eigenvalue weighted by Crippen LogP contribution is 2.15. The third-order valence-electron chi connectivity index (χ3n) is 2.41. The summed E-state index contributed by atoms with van der Waals surface area (Å²) in [6.45, 7) is 4.39. The molecule has 2 rings (SSSR count). The van der Waals surface area contributed by atoms with Gasteiger partial charge in [-0.05, 0) is 26.0 Å².